The number of aromatic carboxylic acids is 1. The van der Waals surface area contributed by atoms with Crippen molar-refractivity contribution < 1.29 is 33.3 Å². The molecule has 2 rings (SSSR count). The molecule has 0 saturated heterocycles. The zero-order valence-corrected chi connectivity index (χ0v) is 11.8. The Morgan fingerprint density at radius 3 is 2.76 bits per heavy atom. The lowest BCUT2D eigenvalue weighted by Crippen LogP contribution is -2.09. The van der Waals surface area contributed by atoms with E-state index in [0.717, 1.165) is 0 Å². The molecule has 7 heteroatoms. The van der Waals surface area contributed by atoms with Crippen LogP contribution in [0.5, 0.6) is 11.5 Å². The van der Waals surface area contributed by atoms with E-state index in [0.29, 0.717) is 29.9 Å². The zero-order chi connectivity index (χ0) is 15.2. The van der Waals surface area contributed by atoms with Crippen molar-refractivity contribution in [1.29, 1.82) is 0 Å². The van der Waals surface area contributed by atoms with E-state index in [1.165, 1.54) is 7.11 Å². The largest absolute Gasteiger partial charge is 0.497 e. The van der Waals surface area contributed by atoms with Gasteiger partial charge in [0.25, 0.3) is 5.76 Å². The minimum absolute atomic E-state index is 0.102. The first-order valence-electron chi connectivity index (χ1n) is 6.20. The minimum Gasteiger partial charge on any atom is -0.497 e. The lowest BCUT2D eigenvalue weighted by atomic mass is 10.2. The van der Waals surface area contributed by atoms with Crippen LogP contribution in [0.1, 0.15) is 10.6 Å². The van der Waals surface area contributed by atoms with Crippen LogP contribution >= 0.6 is 0 Å². The zero-order valence-electron chi connectivity index (χ0n) is 11.8. The summed E-state index contributed by atoms with van der Waals surface area (Å²) in [6.07, 6.45) is 0. The van der Waals surface area contributed by atoms with Gasteiger partial charge in [-0.15, -0.1) is 0 Å². The number of ether oxygens (including phenoxy) is 4. The third kappa shape index (κ3) is 3.45. The highest BCUT2D eigenvalue weighted by molar-refractivity contribution is 5.98. The highest BCUT2D eigenvalue weighted by Gasteiger charge is 2.22. The van der Waals surface area contributed by atoms with Gasteiger partial charge in [-0.1, -0.05) is 0 Å². The van der Waals surface area contributed by atoms with Crippen LogP contribution in [0, 0.1) is 0 Å². The van der Waals surface area contributed by atoms with Crippen molar-refractivity contribution >= 4 is 16.9 Å². The summed E-state index contributed by atoms with van der Waals surface area (Å²) in [5, 5.41) is 9.68. The molecule has 1 aromatic carbocycles. The summed E-state index contributed by atoms with van der Waals surface area (Å²) >= 11 is 0. The number of hydrogen-bond donors (Lipinski definition) is 1. The fourth-order valence-electron chi connectivity index (χ4n) is 1.77. The molecule has 0 bridgehead atoms. The first-order valence-corrected chi connectivity index (χ1v) is 6.20. The van der Waals surface area contributed by atoms with E-state index in [-0.39, 0.29) is 18.3 Å². The van der Waals surface area contributed by atoms with Gasteiger partial charge in [-0.3, -0.25) is 0 Å². The predicted molar refractivity (Wildman–Crippen MR) is 73.0 cm³/mol. The Bertz CT molecular complexity index is 617. The SMILES string of the molecule is COCCOCOc1c(C(=O)O)oc2ccc(OC)cc12. The lowest BCUT2D eigenvalue weighted by Gasteiger charge is -2.06. The molecule has 0 aliphatic heterocycles. The van der Waals surface area contributed by atoms with Crippen LogP contribution in [0.25, 0.3) is 11.0 Å². The highest BCUT2D eigenvalue weighted by Crippen LogP contribution is 2.35. The molecule has 0 aliphatic carbocycles. The Balaban J connectivity index is 2.24. The second-order valence-electron chi connectivity index (χ2n) is 4.09. The van der Waals surface area contributed by atoms with E-state index >= 15 is 0 Å². The minimum atomic E-state index is -1.21. The molecule has 1 N–H and O–H groups in total. The predicted octanol–water partition coefficient (Wildman–Crippen LogP) is 2.14. The van der Waals surface area contributed by atoms with Gasteiger partial charge in [-0.2, -0.15) is 0 Å². The average molecular weight is 296 g/mol. The monoisotopic (exact) mass is 296 g/mol. The van der Waals surface area contributed by atoms with Crippen molar-refractivity contribution in [2.24, 2.45) is 0 Å². The Hall–Kier alpha value is -2.25. The summed E-state index contributed by atoms with van der Waals surface area (Å²) in [6, 6.07) is 4.95. The van der Waals surface area contributed by atoms with Crippen molar-refractivity contribution in [3.8, 4) is 11.5 Å². The standard InChI is InChI=1S/C14H16O7/c1-17-5-6-19-8-20-12-10-7-9(18-2)3-4-11(10)21-13(12)14(15)16/h3-4,7H,5-6,8H2,1-2H3,(H,15,16). The molecule has 1 aromatic heterocycles. The molecule has 21 heavy (non-hydrogen) atoms. The van der Waals surface area contributed by atoms with Crippen LogP contribution in [-0.4, -0.2) is 45.3 Å². The molecule has 0 atom stereocenters. The number of furan rings is 1. The van der Waals surface area contributed by atoms with Gasteiger partial charge in [0.05, 0.1) is 25.7 Å². The fraction of sp³-hybridized carbons (Fsp3) is 0.357. The molecule has 0 saturated carbocycles. The van der Waals surface area contributed by atoms with Gasteiger partial charge in [-0.05, 0) is 18.2 Å². The van der Waals surface area contributed by atoms with Crippen molar-refractivity contribution in [3.05, 3.63) is 24.0 Å². The van der Waals surface area contributed by atoms with Crippen LogP contribution in [0.2, 0.25) is 0 Å². The third-order valence-corrected chi connectivity index (χ3v) is 2.76. The van der Waals surface area contributed by atoms with Gasteiger partial charge in [0.2, 0.25) is 0 Å². The van der Waals surface area contributed by atoms with Crippen molar-refractivity contribution in [3.63, 3.8) is 0 Å². The van der Waals surface area contributed by atoms with Gasteiger partial charge in [-0.25, -0.2) is 4.79 Å². The molecule has 7 nitrogen and oxygen atoms in total. The van der Waals surface area contributed by atoms with Crippen molar-refractivity contribution in [2.45, 2.75) is 0 Å². The lowest BCUT2D eigenvalue weighted by molar-refractivity contribution is -0.00883. The van der Waals surface area contributed by atoms with Gasteiger partial charge < -0.3 is 28.5 Å². The van der Waals surface area contributed by atoms with Crippen LogP contribution < -0.4 is 9.47 Å². The molecule has 0 unspecified atom stereocenters. The van der Waals surface area contributed by atoms with E-state index in [1.54, 1.807) is 25.3 Å². The Morgan fingerprint density at radius 2 is 2.10 bits per heavy atom. The maximum absolute atomic E-state index is 11.2. The average Bonchev–Trinajstić information content (AvgIpc) is 2.85. The molecule has 0 spiro atoms. The van der Waals surface area contributed by atoms with E-state index in [2.05, 4.69) is 0 Å². The van der Waals surface area contributed by atoms with Crippen molar-refractivity contribution in [2.75, 3.05) is 34.2 Å². The van der Waals surface area contributed by atoms with E-state index in [1.807, 2.05) is 0 Å². The second-order valence-corrected chi connectivity index (χ2v) is 4.09. The highest BCUT2D eigenvalue weighted by atomic mass is 16.7. The van der Waals surface area contributed by atoms with Crippen LogP contribution in [0.15, 0.2) is 22.6 Å². The Labute approximate surface area is 121 Å². The first-order chi connectivity index (χ1) is 10.2. The van der Waals surface area contributed by atoms with E-state index < -0.39 is 5.97 Å². The summed E-state index contributed by atoms with van der Waals surface area (Å²) in [4.78, 5) is 11.2. The van der Waals surface area contributed by atoms with E-state index in [4.69, 9.17) is 28.5 Å². The van der Waals surface area contributed by atoms with Crippen LogP contribution in [-0.2, 0) is 9.47 Å². The summed E-state index contributed by atoms with van der Waals surface area (Å²) in [5.41, 5.74) is 0.403. The smallest absolute Gasteiger partial charge is 0.375 e. The van der Waals surface area contributed by atoms with E-state index in [9.17, 15) is 4.79 Å². The Morgan fingerprint density at radius 1 is 1.29 bits per heavy atom. The third-order valence-electron chi connectivity index (χ3n) is 2.76. The number of fused-ring (bicyclic) bond motifs is 1. The van der Waals surface area contributed by atoms with Crippen LogP contribution in [0.4, 0.5) is 0 Å². The van der Waals surface area contributed by atoms with Crippen molar-refractivity contribution in [1.82, 2.24) is 0 Å². The van der Waals surface area contributed by atoms with Gasteiger partial charge in [0.1, 0.15) is 11.3 Å². The first kappa shape index (κ1) is 15.1. The summed E-state index contributed by atoms with van der Waals surface area (Å²) < 4.78 is 25.8. The molecular weight excluding hydrogens is 280 g/mol. The normalized spacial score (nSPS) is 10.8. The molecule has 0 amide bonds. The fourth-order valence-corrected chi connectivity index (χ4v) is 1.77. The topological polar surface area (TPSA) is 87.4 Å². The maximum atomic E-state index is 11.2. The maximum Gasteiger partial charge on any atom is 0.375 e. The summed E-state index contributed by atoms with van der Waals surface area (Å²) in [5.74, 6) is -0.787. The number of rotatable bonds is 8. The van der Waals surface area contributed by atoms with Crippen LogP contribution in [0.3, 0.4) is 0 Å². The molecule has 114 valence electrons. The number of carbonyl (C=O) groups is 1. The van der Waals surface area contributed by atoms with Gasteiger partial charge in [0, 0.05) is 7.11 Å². The number of benzene rings is 1. The summed E-state index contributed by atoms with van der Waals surface area (Å²) in [6.45, 7) is 0.669. The molecular formula is C14H16O7. The van der Waals surface area contributed by atoms with Gasteiger partial charge in [0.15, 0.2) is 12.5 Å². The molecule has 0 radical (unpaired) electrons. The molecule has 0 aliphatic rings. The number of hydrogen-bond acceptors (Lipinski definition) is 6. The molecule has 0 fully saturated rings. The summed E-state index contributed by atoms with van der Waals surface area (Å²) in [7, 11) is 3.08. The number of carboxylic acid groups (broad SMARTS) is 1. The molecule has 2 aromatic rings. The number of carboxylic acids is 1. The van der Waals surface area contributed by atoms with Gasteiger partial charge >= 0.3 is 5.97 Å². The quantitative estimate of drug-likeness (QED) is 0.589. The second kappa shape index (κ2) is 6.96. The Kier molecular flexibility index (Phi) is 5.02. The number of methoxy groups -OCH3 is 2. The molecule has 1 heterocycles.